The quantitative estimate of drug-likeness (QED) is 0.513. The second-order valence-electron chi connectivity index (χ2n) is 8.95. The Hall–Kier alpha value is -3.60. The van der Waals surface area contributed by atoms with E-state index in [2.05, 4.69) is 14.6 Å². The van der Waals surface area contributed by atoms with Gasteiger partial charge in [-0.3, -0.25) is 14.7 Å². The van der Waals surface area contributed by atoms with E-state index in [0.717, 1.165) is 5.39 Å². The van der Waals surface area contributed by atoms with Crippen LogP contribution in [0, 0.1) is 5.82 Å². The van der Waals surface area contributed by atoms with Crippen LogP contribution in [0.3, 0.4) is 0 Å². The highest BCUT2D eigenvalue weighted by Crippen LogP contribution is 2.22. The molecule has 1 unspecified atom stereocenters. The molecular formula is C27H27FN4O4S. The molecule has 5 rings (SSSR count). The number of hydrogen-bond acceptors (Lipinski definition) is 6. The Morgan fingerprint density at radius 2 is 1.81 bits per heavy atom. The smallest absolute Gasteiger partial charge is 0.253 e. The van der Waals surface area contributed by atoms with Crippen LogP contribution in [0.5, 0.6) is 5.75 Å². The molecule has 8 nitrogen and oxygen atoms in total. The second-order valence-corrected chi connectivity index (χ2v) is 10.6. The third-order valence-corrected chi connectivity index (χ3v) is 7.95. The van der Waals surface area contributed by atoms with Gasteiger partial charge in [-0.15, -0.1) is 0 Å². The molecule has 1 aromatic heterocycles. The first-order valence-electron chi connectivity index (χ1n) is 12.0. The molecule has 1 amide bonds. The molecule has 3 aromatic rings. The Balaban J connectivity index is 1.13. The molecule has 0 saturated carbocycles. The molecule has 192 valence electrons. The zero-order valence-electron chi connectivity index (χ0n) is 20.1. The standard InChI is InChI=1S/C27H27FN4O4S/c28-22-8-12-24(13-9-22)36-19-31-15-17-32(18-16-31)27(33)21-6-10-23(11-7-21)30-37(34,35)25-5-1-3-20-4-2-14-29-26(20)25/h1-10,12-14,23,30H,11,15-19H2. The Morgan fingerprint density at radius 1 is 1.05 bits per heavy atom. The van der Waals surface area contributed by atoms with E-state index < -0.39 is 16.1 Å². The molecule has 2 aromatic carbocycles. The second kappa shape index (κ2) is 10.8. The van der Waals surface area contributed by atoms with Crippen LogP contribution in [-0.2, 0) is 14.8 Å². The molecule has 2 aliphatic rings. The number of halogens is 1. The van der Waals surface area contributed by atoms with Gasteiger partial charge >= 0.3 is 0 Å². The first kappa shape index (κ1) is 25.1. The number of piperazine rings is 1. The van der Waals surface area contributed by atoms with E-state index in [0.29, 0.717) is 56.2 Å². The number of pyridine rings is 1. The normalized spacial score (nSPS) is 18.6. The first-order valence-corrected chi connectivity index (χ1v) is 13.5. The fourth-order valence-corrected chi connectivity index (χ4v) is 5.76. The lowest BCUT2D eigenvalue weighted by atomic mass is 10.0. The summed E-state index contributed by atoms with van der Waals surface area (Å²) in [5.41, 5.74) is 0.976. The molecule has 0 spiro atoms. The number of carbonyl (C=O) groups excluding carboxylic acids is 1. The highest BCUT2D eigenvalue weighted by Gasteiger charge is 2.26. The highest BCUT2D eigenvalue weighted by molar-refractivity contribution is 7.89. The summed E-state index contributed by atoms with van der Waals surface area (Å²) in [4.78, 5) is 21.3. The monoisotopic (exact) mass is 522 g/mol. The minimum Gasteiger partial charge on any atom is -0.478 e. The number of benzene rings is 2. The van der Waals surface area contributed by atoms with Crippen LogP contribution in [0.1, 0.15) is 6.42 Å². The van der Waals surface area contributed by atoms with Gasteiger partial charge in [0.1, 0.15) is 23.2 Å². The van der Waals surface area contributed by atoms with Crippen LogP contribution in [0.2, 0.25) is 0 Å². The zero-order chi connectivity index (χ0) is 25.8. The van der Waals surface area contributed by atoms with Gasteiger partial charge in [0.25, 0.3) is 5.91 Å². The predicted molar refractivity (Wildman–Crippen MR) is 138 cm³/mol. The molecule has 1 saturated heterocycles. The van der Waals surface area contributed by atoms with Crippen molar-refractivity contribution in [2.24, 2.45) is 0 Å². The minimum absolute atomic E-state index is 0.0742. The van der Waals surface area contributed by atoms with Gasteiger partial charge in [-0.05, 0) is 42.8 Å². The summed E-state index contributed by atoms with van der Waals surface area (Å²) >= 11 is 0. The summed E-state index contributed by atoms with van der Waals surface area (Å²) in [6.45, 7) is 2.79. The van der Waals surface area contributed by atoms with Gasteiger partial charge in [0.05, 0.1) is 5.52 Å². The molecule has 0 bridgehead atoms. The van der Waals surface area contributed by atoms with Gasteiger partial charge in [-0.2, -0.15) is 0 Å². The number of fused-ring (bicyclic) bond motifs is 1. The van der Waals surface area contributed by atoms with Crippen LogP contribution < -0.4 is 9.46 Å². The number of para-hydroxylation sites is 1. The Bertz CT molecular complexity index is 1440. The van der Waals surface area contributed by atoms with Gasteiger partial charge in [0.2, 0.25) is 10.0 Å². The van der Waals surface area contributed by atoms with Crippen molar-refractivity contribution in [1.29, 1.82) is 0 Å². The number of nitrogens with one attached hydrogen (secondary N) is 1. The largest absolute Gasteiger partial charge is 0.478 e. The third kappa shape index (κ3) is 5.87. The summed E-state index contributed by atoms with van der Waals surface area (Å²) in [5.74, 6) is 0.214. The lowest BCUT2D eigenvalue weighted by Gasteiger charge is -2.35. The van der Waals surface area contributed by atoms with E-state index >= 15 is 0 Å². The number of aromatic nitrogens is 1. The Kier molecular flexibility index (Phi) is 7.31. The van der Waals surface area contributed by atoms with E-state index in [1.165, 1.54) is 12.1 Å². The number of hydrogen-bond donors (Lipinski definition) is 1. The van der Waals surface area contributed by atoms with E-state index in [4.69, 9.17) is 4.74 Å². The molecule has 1 aliphatic heterocycles. The molecule has 1 N–H and O–H groups in total. The van der Waals surface area contributed by atoms with E-state index in [-0.39, 0.29) is 16.6 Å². The SMILES string of the molecule is O=C(C1=CCC(NS(=O)(=O)c2cccc3cccnc23)C=C1)N1CCN(COc2ccc(F)cc2)CC1. The van der Waals surface area contributed by atoms with Crippen molar-refractivity contribution in [3.05, 3.63) is 90.4 Å². The maximum Gasteiger partial charge on any atom is 0.253 e. The highest BCUT2D eigenvalue weighted by atomic mass is 32.2. The van der Waals surface area contributed by atoms with Crippen molar-refractivity contribution in [3.63, 3.8) is 0 Å². The third-order valence-electron chi connectivity index (χ3n) is 6.43. The van der Waals surface area contributed by atoms with Crippen LogP contribution in [0.4, 0.5) is 4.39 Å². The lowest BCUT2D eigenvalue weighted by molar-refractivity contribution is -0.129. The number of rotatable bonds is 7. The summed E-state index contributed by atoms with van der Waals surface area (Å²) < 4.78 is 47.5. The molecule has 0 radical (unpaired) electrons. The number of ether oxygens (including phenoxy) is 1. The fraction of sp³-hybridized carbons (Fsp3) is 0.259. The summed E-state index contributed by atoms with van der Waals surface area (Å²) in [6.07, 6.45) is 7.13. The van der Waals surface area contributed by atoms with Crippen molar-refractivity contribution in [2.75, 3.05) is 32.9 Å². The number of carbonyl (C=O) groups is 1. The molecule has 37 heavy (non-hydrogen) atoms. The van der Waals surface area contributed by atoms with E-state index in [1.807, 2.05) is 12.1 Å². The average molecular weight is 523 g/mol. The van der Waals surface area contributed by atoms with Crippen LogP contribution >= 0.6 is 0 Å². The summed E-state index contributed by atoms with van der Waals surface area (Å²) in [7, 11) is -3.80. The molecular weight excluding hydrogens is 495 g/mol. The van der Waals surface area contributed by atoms with Crippen molar-refractivity contribution >= 4 is 26.8 Å². The Morgan fingerprint density at radius 3 is 2.54 bits per heavy atom. The van der Waals surface area contributed by atoms with E-state index in [1.54, 1.807) is 59.7 Å². The topological polar surface area (TPSA) is 91.8 Å². The van der Waals surface area contributed by atoms with Crippen LogP contribution in [-0.4, -0.2) is 68.1 Å². The number of nitrogens with zero attached hydrogens (tertiary/aromatic N) is 3. The van der Waals surface area contributed by atoms with Crippen molar-refractivity contribution < 1.29 is 22.3 Å². The van der Waals surface area contributed by atoms with Crippen molar-refractivity contribution in [2.45, 2.75) is 17.4 Å². The molecule has 2 heterocycles. The first-order chi connectivity index (χ1) is 17.9. The molecule has 1 fully saturated rings. The number of amides is 1. The summed E-state index contributed by atoms with van der Waals surface area (Å²) in [6, 6.07) is 14.1. The molecule has 1 atom stereocenters. The minimum atomic E-state index is -3.80. The van der Waals surface area contributed by atoms with Crippen molar-refractivity contribution in [3.8, 4) is 5.75 Å². The fourth-order valence-electron chi connectivity index (χ4n) is 4.38. The lowest BCUT2D eigenvalue weighted by Crippen LogP contribution is -2.50. The number of sulfonamides is 1. The maximum atomic E-state index is 13.1. The van der Waals surface area contributed by atoms with Gasteiger partial charge < -0.3 is 9.64 Å². The van der Waals surface area contributed by atoms with Gasteiger partial charge in [0, 0.05) is 49.4 Å². The molecule has 10 heteroatoms. The van der Waals surface area contributed by atoms with E-state index in [9.17, 15) is 17.6 Å². The Labute approximate surface area is 215 Å². The van der Waals surface area contributed by atoms with Gasteiger partial charge in [-0.1, -0.05) is 36.4 Å². The maximum absolute atomic E-state index is 13.1. The van der Waals surface area contributed by atoms with Gasteiger partial charge in [0.15, 0.2) is 0 Å². The van der Waals surface area contributed by atoms with Gasteiger partial charge in [-0.25, -0.2) is 17.5 Å². The van der Waals surface area contributed by atoms with Crippen molar-refractivity contribution in [1.82, 2.24) is 19.5 Å². The van der Waals surface area contributed by atoms with Crippen LogP contribution in [0.25, 0.3) is 10.9 Å². The van der Waals surface area contributed by atoms with Crippen LogP contribution in [0.15, 0.2) is 89.5 Å². The zero-order valence-corrected chi connectivity index (χ0v) is 20.9. The molecule has 1 aliphatic carbocycles. The average Bonchev–Trinajstić information content (AvgIpc) is 2.92. The summed E-state index contributed by atoms with van der Waals surface area (Å²) in [5, 5.41) is 0.749. The predicted octanol–water partition coefficient (Wildman–Crippen LogP) is 3.09.